The first kappa shape index (κ1) is 14.3. The molecule has 0 fully saturated rings. The molecule has 110 valence electrons. The lowest BCUT2D eigenvalue weighted by molar-refractivity contribution is -0.115. The van der Waals surface area contributed by atoms with E-state index in [9.17, 15) is 4.79 Å². The maximum atomic E-state index is 12.1. The molecule has 3 rings (SSSR count). The highest BCUT2D eigenvalue weighted by molar-refractivity contribution is 6.19. The summed E-state index contributed by atoms with van der Waals surface area (Å²) in [6.45, 7) is 6.12. The van der Waals surface area contributed by atoms with Crippen molar-refractivity contribution in [2.24, 2.45) is 4.99 Å². The van der Waals surface area contributed by atoms with Gasteiger partial charge in [0.15, 0.2) is 0 Å². The van der Waals surface area contributed by atoms with Gasteiger partial charge in [-0.15, -0.1) is 0 Å². The lowest BCUT2D eigenvalue weighted by Gasteiger charge is -2.01. The largest absolute Gasteiger partial charge is 0.305 e. The molecule has 0 aromatic heterocycles. The van der Waals surface area contributed by atoms with Crippen LogP contribution in [0.1, 0.15) is 27.8 Å². The van der Waals surface area contributed by atoms with Crippen molar-refractivity contribution in [1.29, 1.82) is 0 Å². The van der Waals surface area contributed by atoms with Gasteiger partial charge in [-0.05, 0) is 44.0 Å². The van der Waals surface area contributed by atoms with Gasteiger partial charge in [-0.2, -0.15) is 0 Å². The van der Waals surface area contributed by atoms with E-state index in [1.807, 2.05) is 56.3 Å². The van der Waals surface area contributed by atoms with Crippen molar-refractivity contribution in [2.45, 2.75) is 20.8 Å². The van der Waals surface area contributed by atoms with E-state index in [4.69, 9.17) is 0 Å². The van der Waals surface area contributed by atoms with Crippen LogP contribution in [0.3, 0.4) is 0 Å². The van der Waals surface area contributed by atoms with E-state index in [0.29, 0.717) is 11.5 Å². The van der Waals surface area contributed by atoms with Gasteiger partial charge >= 0.3 is 0 Å². The van der Waals surface area contributed by atoms with Crippen LogP contribution >= 0.6 is 0 Å². The van der Waals surface area contributed by atoms with Gasteiger partial charge in [0.05, 0.1) is 0 Å². The second-order valence-corrected chi connectivity index (χ2v) is 5.67. The van der Waals surface area contributed by atoms with Gasteiger partial charge in [-0.3, -0.25) is 4.79 Å². The number of hydrogen-bond donors (Lipinski definition) is 1. The molecule has 0 radical (unpaired) electrons. The lowest BCUT2D eigenvalue weighted by atomic mass is 10.0. The van der Waals surface area contributed by atoms with Crippen LogP contribution in [0.4, 0.5) is 0 Å². The van der Waals surface area contributed by atoms with Gasteiger partial charge in [0, 0.05) is 5.56 Å². The molecule has 0 bridgehead atoms. The number of hydrogen-bond acceptors (Lipinski definition) is 2. The standard InChI is InChI=1S/C19H18N2O/c1-12-5-4-6-16(10-12)18-20-17(19(22)21-18)11-15-8-7-13(2)9-14(15)3/h4-11H,1-3H3,(H,20,21,22)/b17-11-. The fourth-order valence-corrected chi connectivity index (χ4v) is 2.53. The Morgan fingerprint density at radius 2 is 1.77 bits per heavy atom. The molecule has 3 nitrogen and oxygen atoms in total. The minimum atomic E-state index is -0.156. The first-order valence-corrected chi connectivity index (χ1v) is 7.29. The smallest absolute Gasteiger partial charge is 0.275 e. The van der Waals surface area contributed by atoms with Crippen LogP contribution in [0.25, 0.3) is 6.08 Å². The molecule has 0 unspecified atom stereocenters. The minimum absolute atomic E-state index is 0.156. The number of amidine groups is 1. The van der Waals surface area contributed by atoms with Crippen molar-refractivity contribution >= 4 is 17.8 Å². The number of aliphatic imine (C=N–C) groups is 1. The van der Waals surface area contributed by atoms with E-state index in [1.54, 1.807) is 0 Å². The third-order valence-corrected chi connectivity index (χ3v) is 3.71. The van der Waals surface area contributed by atoms with Crippen molar-refractivity contribution in [1.82, 2.24) is 5.32 Å². The predicted octanol–water partition coefficient (Wildman–Crippen LogP) is 3.53. The van der Waals surface area contributed by atoms with Crippen LogP contribution < -0.4 is 5.32 Å². The molecule has 1 aliphatic heterocycles. The first-order valence-electron chi connectivity index (χ1n) is 7.29. The number of nitrogens with one attached hydrogen (secondary N) is 1. The average Bonchev–Trinajstić information content (AvgIpc) is 2.83. The zero-order valence-corrected chi connectivity index (χ0v) is 13.0. The quantitative estimate of drug-likeness (QED) is 0.845. The van der Waals surface area contributed by atoms with Gasteiger partial charge in [-0.1, -0.05) is 47.5 Å². The highest BCUT2D eigenvalue weighted by Gasteiger charge is 2.21. The van der Waals surface area contributed by atoms with Gasteiger partial charge in [0.2, 0.25) is 0 Å². The van der Waals surface area contributed by atoms with Gasteiger partial charge in [-0.25, -0.2) is 4.99 Å². The molecule has 1 N–H and O–H groups in total. The number of nitrogens with zero attached hydrogens (tertiary/aromatic N) is 1. The van der Waals surface area contributed by atoms with Gasteiger partial charge in [0.1, 0.15) is 11.5 Å². The van der Waals surface area contributed by atoms with E-state index in [1.165, 1.54) is 5.56 Å². The first-order chi connectivity index (χ1) is 10.5. The van der Waals surface area contributed by atoms with E-state index < -0.39 is 0 Å². The van der Waals surface area contributed by atoms with Crippen molar-refractivity contribution in [3.63, 3.8) is 0 Å². The summed E-state index contributed by atoms with van der Waals surface area (Å²) in [5.41, 5.74) is 5.88. The van der Waals surface area contributed by atoms with Gasteiger partial charge < -0.3 is 5.32 Å². The van der Waals surface area contributed by atoms with Crippen LogP contribution in [-0.4, -0.2) is 11.7 Å². The fourth-order valence-electron chi connectivity index (χ4n) is 2.53. The Labute approximate surface area is 130 Å². The Hall–Kier alpha value is -2.68. The number of carbonyl (C=O) groups excluding carboxylic acids is 1. The summed E-state index contributed by atoms with van der Waals surface area (Å²) in [6, 6.07) is 14.1. The van der Waals surface area contributed by atoms with E-state index in [-0.39, 0.29) is 5.91 Å². The Morgan fingerprint density at radius 3 is 2.50 bits per heavy atom. The number of aryl methyl sites for hydroxylation is 3. The highest BCUT2D eigenvalue weighted by atomic mass is 16.2. The number of amides is 1. The summed E-state index contributed by atoms with van der Waals surface area (Å²) in [5, 5.41) is 2.84. The molecule has 0 atom stereocenters. The van der Waals surface area contributed by atoms with Crippen molar-refractivity contribution in [2.75, 3.05) is 0 Å². The second-order valence-electron chi connectivity index (χ2n) is 5.67. The third kappa shape index (κ3) is 2.84. The summed E-state index contributed by atoms with van der Waals surface area (Å²) >= 11 is 0. The topological polar surface area (TPSA) is 41.5 Å². The summed E-state index contributed by atoms with van der Waals surface area (Å²) in [5.74, 6) is 0.459. The predicted molar refractivity (Wildman–Crippen MR) is 89.8 cm³/mol. The van der Waals surface area contributed by atoms with E-state index in [0.717, 1.165) is 22.3 Å². The number of rotatable bonds is 2. The molecule has 0 saturated carbocycles. The normalized spacial score (nSPS) is 15.9. The van der Waals surface area contributed by atoms with Crippen LogP contribution in [0, 0.1) is 20.8 Å². The fraction of sp³-hybridized carbons (Fsp3) is 0.158. The Morgan fingerprint density at radius 1 is 1.00 bits per heavy atom. The molecule has 0 saturated heterocycles. The van der Waals surface area contributed by atoms with Crippen molar-refractivity contribution < 1.29 is 4.79 Å². The summed E-state index contributed by atoms with van der Waals surface area (Å²) in [7, 11) is 0. The molecule has 2 aromatic carbocycles. The Kier molecular flexibility index (Phi) is 3.63. The summed E-state index contributed by atoms with van der Waals surface area (Å²) in [4.78, 5) is 16.6. The SMILES string of the molecule is Cc1cccc(C2=N/C(=C\c3ccc(C)cc3C)C(=O)N2)c1. The molecular formula is C19H18N2O. The van der Waals surface area contributed by atoms with E-state index in [2.05, 4.69) is 23.3 Å². The minimum Gasteiger partial charge on any atom is -0.305 e. The van der Waals surface area contributed by atoms with Gasteiger partial charge in [0.25, 0.3) is 5.91 Å². The maximum Gasteiger partial charge on any atom is 0.275 e. The number of carbonyl (C=O) groups is 1. The molecule has 2 aromatic rings. The molecule has 1 aliphatic rings. The lowest BCUT2D eigenvalue weighted by Crippen LogP contribution is -2.24. The van der Waals surface area contributed by atoms with Crippen LogP contribution in [-0.2, 0) is 4.79 Å². The third-order valence-electron chi connectivity index (χ3n) is 3.71. The molecule has 3 heteroatoms. The molecule has 1 heterocycles. The zero-order valence-electron chi connectivity index (χ0n) is 13.0. The molecule has 22 heavy (non-hydrogen) atoms. The Bertz CT molecular complexity index is 816. The summed E-state index contributed by atoms with van der Waals surface area (Å²) in [6.07, 6.45) is 1.84. The Balaban J connectivity index is 1.97. The molecule has 0 spiro atoms. The monoisotopic (exact) mass is 290 g/mol. The van der Waals surface area contributed by atoms with Crippen molar-refractivity contribution in [3.8, 4) is 0 Å². The maximum absolute atomic E-state index is 12.1. The number of benzene rings is 2. The van der Waals surface area contributed by atoms with Crippen LogP contribution in [0.5, 0.6) is 0 Å². The molecule has 1 amide bonds. The van der Waals surface area contributed by atoms with Crippen LogP contribution in [0.15, 0.2) is 53.2 Å². The van der Waals surface area contributed by atoms with E-state index >= 15 is 0 Å². The molecule has 0 aliphatic carbocycles. The van der Waals surface area contributed by atoms with Crippen LogP contribution in [0.2, 0.25) is 0 Å². The second kappa shape index (κ2) is 5.60. The summed E-state index contributed by atoms with van der Waals surface area (Å²) < 4.78 is 0. The van der Waals surface area contributed by atoms with Crippen molar-refractivity contribution in [3.05, 3.63) is 76.0 Å². The highest BCUT2D eigenvalue weighted by Crippen LogP contribution is 2.18. The zero-order chi connectivity index (χ0) is 15.7. The molecular weight excluding hydrogens is 272 g/mol. The average molecular weight is 290 g/mol.